The minimum Gasteiger partial charge on any atom is -0.371 e. The molecule has 1 atom stereocenters. The highest BCUT2D eigenvalue weighted by Gasteiger charge is 2.19. The van der Waals surface area contributed by atoms with Gasteiger partial charge in [-0.2, -0.15) is 0 Å². The van der Waals surface area contributed by atoms with Gasteiger partial charge in [0.1, 0.15) is 0 Å². The van der Waals surface area contributed by atoms with Crippen LogP contribution in [0.1, 0.15) is 57.1 Å². The summed E-state index contributed by atoms with van der Waals surface area (Å²) >= 11 is 3.70. The molecule has 2 N–H and O–H groups in total. The van der Waals surface area contributed by atoms with Gasteiger partial charge in [-0.05, 0) is 53.4 Å². The van der Waals surface area contributed by atoms with Gasteiger partial charge in [-0.1, -0.05) is 31.7 Å². The molecule has 1 aliphatic carbocycles. The summed E-state index contributed by atoms with van der Waals surface area (Å²) < 4.78 is 1.16. The number of hydrogen-bond donors (Lipinski definition) is 1. The Morgan fingerprint density at radius 3 is 2.37 bits per heavy atom. The van der Waals surface area contributed by atoms with Crippen LogP contribution in [0.4, 0.5) is 5.69 Å². The van der Waals surface area contributed by atoms with Gasteiger partial charge >= 0.3 is 0 Å². The molecule has 0 aromatic heterocycles. The summed E-state index contributed by atoms with van der Waals surface area (Å²) in [4.78, 5) is 2.44. The molecule has 0 bridgehead atoms. The van der Waals surface area contributed by atoms with Gasteiger partial charge in [-0.3, -0.25) is 0 Å². The number of nitrogens with two attached hydrogens (primary N) is 1. The average Bonchev–Trinajstić information content (AvgIpc) is 2.66. The van der Waals surface area contributed by atoms with Gasteiger partial charge in [0.25, 0.3) is 0 Å². The van der Waals surface area contributed by atoms with Crippen molar-refractivity contribution in [1.82, 2.24) is 0 Å². The van der Waals surface area contributed by atoms with E-state index in [0.29, 0.717) is 6.04 Å². The monoisotopic (exact) mass is 324 g/mol. The maximum absolute atomic E-state index is 5.94. The lowest BCUT2D eigenvalue weighted by molar-refractivity contribution is 0.552. The molecular weight excluding hydrogens is 300 g/mol. The van der Waals surface area contributed by atoms with Gasteiger partial charge in [-0.15, -0.1) is 0 Å². The fourth-order valence-electron chi connectivity index (χ4n) is 2.93. The summed E-state index contributed by atoms with van der Waals surface area (Å²) in [6.07, 6.45) is 8.16. The van der Waals surface area contributed by atoms with Crippen LogP contribution in [0.3, 0.4) is 0 Å². The van der Waals surface area contributed by atoms with Crippen LogP contribution in [-0.2, 0) is 0 Å². The molecule has 0 spiro atoms. The molecular formula is C16H25BrN2. The molecule has 19 heavy (non-hydrogen) atoms. The van der Waals surface area contributed by atoms with Gasteiger partial charge in [-0.25, -0.2) is 0 Å². The smallest absolute Gasteiger partial charge is 0.0510 e. The summed E-state index contributed by atoms with van der Waals surface area (Å²) in [6, 6.07) is 7.28. The second-order valence-electron chi connectivity index (χ2n) is 5.76. The zero-order chi connectivity index (χ0) is 13.8. The fourth-order valence-corrected chi connectivity index (χ4v) is 3.61. The van der Waals surface area contributed by atoms with E-state index in [2.05, 4.69) is 46.1 Å². The first kappa shape index (κ1) is 14.9. The van der Waals surface area contributed by atoms with E-state index in [0.717, 1.165) is 4.47 Å². The molecule has 106 valence electrons. The summed E-state index contributed by atoms with van der Waals surface area (Å²) in [5.74, 6) is 0. The third-order valence-corrected chi connectivity index (χ3v) is 4.89. The Balaban J connectivity index is 2.15. The van der Waals surface area contributed by atoms with Gasteiger partial charge in [0, 0.05) is 23.6 Å². The number of hydrogen-bond acceptors (Lipinski definition) is 2. The van der Waals surface area contributed by atoms with E-state index in [1.165, 1.54) is 49.8 Å². The minimum atomic E-state index is 0.0912. The highest BCUT2D eigenvalue weighted by Crippen LogP contribution is 2.32. The topological polar surface area (TPSA) is 29.3 Å². The van der Waals surface area contributed by atoms with Gasteiger partial charge < -0.3 is 10.6 Å². The number of nitrogens with zero attached hydrogens (tertiary/aromatic N) is 1. The number of halogens is 1. The van der Waals surface area contributed by atoms with E-state index < -0.39 is 0 Å². The molecule has 1 aromatic rings. The van der Waals surface area contributed by atoms with E-state index >= 15 is 0 Å². The van der Waals surface area contributed by atoms with Crippen molar-refractivity contribution in [3.63, 3.8) is 0 Å². The van der Waals surface area contributed by atoms with Crippen molar-refractivity contribution in [2.45, 2.75) is 57.5 Å². The Bertz CT molecular complexity index is 409. The second kappa shape index (κ2) is 6.76. The van der Waals surface area contributed by atoms with E-state index in [-0.39, 0.29) is 6.04 Å². The lowest BCUT2D eigenvalue weighted by Gasteiger charge is -2.30. The fraction of sp³-hybridized carbons (Fsp3) is 0.625. The lowest BCUT2D eigenvalue weighted by Crippen LogP contribution is -2.31. The maximum Gasteiger partial charge on any atom is 0.0510 e. The molecule has 1 fully saturated rings. The van der Waals surface area contributed by atoms with E-state index in [4.69, 9.17) is 5.73 Å². The molecule has 0 unspecified atom stereocenters. The Kier molecular flexibility index (Phi) is 5.28. The Hall–Kier alpha value is -0.540. The van der Waals surface area contributed by atoms with Gasteiger partial charge in [0.05, 0.1) is 5.69 Å². The van der Waals surface area contributed by atoms with Crippen LogP contribution in [0.2, 0.25) is 0 Å². The molecule has 2 rings (SSSR count). The van der Waals surface area contributed by atoms with E-state index in [9.17, 15) is 0 Å². The molecule has 3 heteroatoms. The SMILES string of the molecule is C[C@@H](N)c1ccc(N(C)C2CCCCCC2)c(Br)c1. The third-order valence-electron chi connectivity index (χ3n) is 4.25. The predicted molar refractivity (Wildman–Crippen MR) is 86.6 cm³/mol. The number of rotatable bonds is 3. The highest BCUT2D eigenvalue weighted by atomic mass is 79.9. The number of anilines is 1. The largest absolute Gasteiger partial charge is 0.371 e. The van der Waals surface area contributed by atoms with Gasteiger partial charge in [0.2, 0.25) is 0 Å². The summed E-state index contributed by atoms with van der Waals surface area (Å²) in [5.41, 5.74) is 8.41. The summed E-state index contributed by atoms with van der Waals surface area (Å²) in [5, 5.41) is 0. The summed E-state index contributed by atoms with van der Waals surface area (Å²) in [7, 11) is 2.22. The summed E-state index contributed by atoms with van der Waals surface area (Å²) in [6.45, 7) is 2.02. The Morgan fingerprint density at radius 1 is 1.21 bits per heavy atom. The molecule has 0 heterocycles. The maximum atomic E-state index is 5.94. The first-order valence-corrected chi connectivity index (χ1v) is 8.16. The van der Waals surface area contributed by atoms with Crippen LogP contribution in [0.15, 0.2) is 22.7 Å². The Labute approximate surface area is 125 Å². The zero-order valence-electron chi connectivity index (χ0n) is 12.0. The molecule has 1 aromatic carbocycles. The molecule has 0 radical (unpaired) electrons. The van der Waals surface area contributed by atoms with Crippen LogP contribution in [0.25, 0.3) is 0 Å². The normalized spacial score (nSPS) is 18.9. The Morgan fingerprint density at radius 2 is 1.84 bits per heavy atom. The average molecular weight is 325 g/mol. The zero-order valence-corrected chi connectivity index (χ0v) is 13.6. The lowest BCUT2D eigenvalue weighted by atomic mass is 10.1. The van der Waals surface area contributed by atoms with E-state index in [1.54, 1.807) is 0 Å². The van der Waals surface area contributed by atoms with E-state index in [1.807, 2.05) is 6.92 Å². The van der Waals surface area contributed by atoms with Crippen molar-refractivity contribution in [3.05, 3.63) is 28.2 Å². The molecule has 0 saturated heterocycles. The first-order valence-electron chi connectivity index (χ1n) is 7.37. The van der Waals surface area contributed by atoms with Crippen LogP contribution in [-0.4, -0.2) is 13.1 Å². The second-order valence-corrected chi connectivity index (χ2v) is 6.61. The van der Waals surface area contributed by atoms with Gasteiger partial charge in [0.15, 0.2) is 0 Å². The predicted octanol–water partition coefficient (Wildman–Crippen LogP) is 4.63. The van der Waals surface area contributed by atoms with Crippen molar-refractivity contribution in [1.29, 1.82) is 0 Å². The van der Waals surface area contributed by atoms with Crippen molar-refractivity contribution in [2.24, 2.45) is 5.73 Å². The van der Waals surface area contributed by atoms with Crippen molar-refractivity contribution in [3.8, 4) is 0 Å². The molecule has 0 aliphatic heterocycles. The van der Waals surface area contributed by atoms with Crippen LogP contribution in [0, 0.1) is 0 Å². The highest BCUT2D eigenvalue weighted by molar-refractivity contribution is 9.10. The van der Waals surface area contributed by atoms with Crippen LogP contribution in [0.5, 0.6) is 0 Å². The first-order chi connectivity index (χ1) is 9.09. The number of benzene rings is 1. The van der Waals surface area contributed by atoms with Crippen molar-refractivity contribution in [2.75, 3.05) is 11.9 Å². The van der Waals surface area contributed by atoms with Crippen molar-refractivity contribution >= 4 is 21.6 Å². The molecule has 1 saturated carbocycles. The minimum absolute atomic E-state index is 0.0912. The quantitative estimate of drug-likeness (QED) is 0.821. The molecule has 2 nitrogen and oxygen atoms in total. The van der Waals surface area contributed by atoms with Crippen molar-refractivity contribution < 1.29 is 0 Å². The molecule has 1 aliphatic rings. The third kappa shape index (κ3) is 3.73. The standard InChI is InChI=1S/C16H25BrN2/c1-12(18)13-9-10-16(15(17)11-13)19(2)14-7-5-3-4-6-8-14/h9-12,14H,3-8,18H2,1-2H3/t12-/m1/s1. The van der Waals surface area contributed by atoms with Crippen LogP contribution >= 0.6 is 15.9 Å². The molecule has 0 amide bonds. The van der Waals surface area contributed by atoms with Crippen LogP contribution < -0.4 is 10.6 Å².